The van der Waals surface area contributed by atoms with Gasteiger partial charge in [-0.3, -0.25) is 9.59 Å². The van der Waals surface area contributed by atoms with Crippen LogP contribution in [0, 0.1) is 0 Å². The van der Waals surface area contributed by atoms with Gasteiger partial charge >= 0.3 is 5.97 Å². The number of fused-ring (bicyclic) bond motifs is 1. The molecule has 0 saturated heterocycles. The molecule has 0 bridgehead atoms. The molecule has 0 spiro atoms. The number of nitrogens with one attached hydrogen (secondary N) is 1. The topological polar surface area (TPSA) is 134 Å². The van der Waals surface area contributed by atoms with Gasteiger partial charge in [0.05, 0.1) is 35.0 Å². The summed E-state index contributed by atoms with van der Waals surface area (Å²) >= 11 is 0. The monoisotopic (exact) mass is 457 g/mol. The molecule has 3 aromatic rings. The zero-order valence-electron chi connectivity index (χ0n) is 18.5. The first-order chi connectivity index (χ1) is 15.9. The predicted molar refractivity (Wildman–Crippen MR) is 118 cm³/mol. The first-order valence-corrected chi connectivity index (χ1v) is 9.75. The number of esters is 1. The van der Waals surface area contributed by atoms with Gasteiger partial charge in [-0.15, -0.1) is 0 Å². The highest BCUT2D eigenvalue weighted by Gasteiger charge is 2.23. The van der Waals surface area contributed by atoms with E-state index in [1.165, 1.54) is 45.6 Å². The van der Waals surface area contributed by atoms with Crippen molar-refractivity contribution in [2.75, 3.05) is 35.0 Å². The number of aliphatic hydroxyl groups excluding tert-OH is 1. The number of amides is 1. The Morgan fingerprint density at radius 3 is 2.36 bits per heavy atom. The molecule has 0 aliphatic rings. The number of benzene rings is 2. The zero-order valence-corrected chi connectivity index (χ0v) is 18.5. The molecule has 3 rings (SSSR count). The quantitative estimate of drug-likeness (QED) is 0.485. The van der Waals surface area contributed by atoms with Gasteiger partial charge < -0.3 is 33.8 Å². The van der Waals surface area contributed by atoms with E-state index in [-0.39, 0.29) is 39.2 Å². The molecule has 10 nitrogen and oxygen atoms in total. The number of methoxy groups -OCH3 is 4. The zero-order chi connectivity index (χ0) is 24.1. The molecule has 1 heterocycles. The lowest BCUT2D eigenvalue weighted by Gasteiger charge is -2.15. The number of aliphatic hydroxyl groups is 1. The lowest BCUT2D eigenvalue weighted by molar-refractivity contribution is -0.143. The minimum Gasteiger partial charge on any atom is -0.493 e. The van der Waals surface area contributed by atoms with Gasteiger partial charge in [-0.25, -0.2) is 4.79 Å². The minimum atomic E-state index is -1.21. The first kappa shape index (κ1) is 23.6. The Kier molecular flexibility index (Phi) is 7.19. The van der Waals surface area contributed by atoms with Crippen LogP contribution in [0.4, 0.5) is 0 Å². The lowest BCUT2D eigenvalue weighted by atomic mass is 10.1. The summed E-state index contributed by atoms with van der Waals surface area (Å²) in [6, 6.07) is 7.83. The number of ether oxygens (including phenoxy) is 4. The van der Waals surface area contributed by atoms with E-state index in [0.29, 0.717) is 11.3 Å². The summed E-state index contributed by atoms with van der Waals surface area (Å²) in [5.41, 5.74) is 0.439. The molecule has 2 aromatic carbocycles. The van der Waals surface area contributed by atoms with E-state index in [4.69, 9.17) is 18.6 Å². The van der Waals surface area contributed by atoms with Crippen molar-refractivity contribution in [2.24, 2.45) is 0 Å². The third-order valence-electron chi connectivity index (χ3n) is 4.91. The van der Waals surface area contributed by atoms with Gasteiger partial charge in [0.2, 0.25) is 5.75 Å². The van der Waals surface area contributed by atoms with E-state index in [1.807, 2.05) is 0 Å². The highest BCUT2D eigenvalue weighted by Crippen LogP contribution is 2.42. The number of rotatable bonds is 8. The Balaban J connectivity index is 2.06. The Bertz CT molecular complexity index is 1250. The van der Waals surface area contributed by atoms with Crippen molar-refractivity contribution >= 4 is 22.8 Å². The summed E-state index contributed by atoms with van der Waals surface area (Å²) in [5, 5.41) is 11.9. The van der Waals surface area contributed by atoms with Gasteiger partial charge in [0.15, 0.2) is 23.0 Å². The number of hydrogen-bond donors (Lipinski definition) is 2. The fourth-order valence-electron chi connectivity index (χ4n) is 3.31. The van der Waals surface area contributed by atoms with Crippen molar-refractivity contribution in [3.05, 3.63) is 52.2 Å². The molecule has 1 amide bonds. The van der Waals surface area contributed by atoms with Crippen molar-refractivity contribution < 1.29 is 38.1 Å². The van der Waals surface area contributed by atoms with Crippen molar-refractivity contribution in [3.63, 3.8) is 0 Å². The molecule has 174 valence electrons. The summed E-state index contributed by atoms with van der Waals surface area (Å²) in [6.07, 6.45) is 0. The molecule has 0 aliphatic carbocycles. The maximum absolute atomic E-state index is 12.9. The van der Waals surface area contributed by atoms with Crippen molar-refractivity contribution in [3.8, 4) is 28.6 Å². The van der Waals surface area contributed by atoms with Crippen LogP contribution < -0.4 is 25.0 Å². The minimum absolute atomic E-state index is 0.177. The fraction of sp³-hybridized carbons (Fsp3) is 0.261. The van der Waals surface area contributed by atoms with Crippen LogP contribution in [0.15, 0.2) is 45.6 Å². The van der Waals surface area contributed by atoms with Crippen LogP contribution in [0.1, 0.15) is 10.4 Å². The molecular weight excluding hydrogens is 434 g/mol. The van der Waals surface area contributed by atoms with E-state index in [2.05, 4.69) is 10.1 Å². The first-order valence-electron chi connectivity index (χ1n) is 9.75. The number of carbonyl (C=O) groups is 2. The Hall–Kier alpha value is -4.05. The lowest BCUT2D eigenvalue weighted by Crippen LogP contribution is -2.44. The van der Waals surface area contributed by atoms with Crippen molar-refractivity contribution in [1.29, 1.82) is 0 Å². The van der Waals surface area contributed by atoms with Crippen LogP contribution in [-0.4, -0.2) is 58.1 Å². The van der Waals surface area contributed by atoms with Gasteiger partial charge in [0.25, 0.3) is 5.91 Å². The molecule has 1 aromatic heterocycles. The molecule has 0 saturated carbocycles. The molecule has 0 fully saturated rings. The van der Waals surface area contributed by atoms with Crippen LogP contribution >= 0.6 is 0 Å². The smallest absolute Gasteiger partial charge is 0.330 e. The average molecular weight is 457 g/mol. The maximum Gasteiger partial charge on any atom is 0.330 e. The summed E-state index contributed by atoms with van der Waals surface area (Å²) in [5.74, 6) is -0.442. The second-order valence-corrected chi connectivity index (χ2v) is 6.81. The van der Waals surface area contributed by atoms with Gasteiger partial charge in [0.1, 0.15) is 16.7 Å². The average Bonchev–Trinajstić information content (AvgIpc) is 2.85. The molecule has 1 atom stereocenters. The SMILES string of the molecule is COC(=O)[C@H](CO)NC(=O)c1cccc(-c2cc(=O)c3c(OC)c(OC)c(OC)cc3o2)c1. The Labute approximate surface area is 188 Å². The van der Waals surface area contributed by atoms with E-state index in [1.54, 1.807) is 12.1 Å². The molecule has 0 aliphatic heterocycles. The van der Waals surface area contributed by atoms with Crippen LogP contribution in [0.25, 0.3) is 22.3 Å². The van der Waals surface area contributed by atoms with Crippen LogP contribution in [0.5, 0.6) is 17.2 Å². The van der Waals surface area contributed by atoms with Crippen LogP contribution in [0.2, 0.25) is 0 Å². The summed E-state index contributed by atoms with van der Waals surface area (Å²) < 4.78 is 26.5. The summed E-state index contributed by atoms with van der Waals surface area (Å²) in [7, 11) is 5.43. The van der Waals surface area contributed by atoms with E-state index >= 15 is 0 Å². The van der Waals surface area contributed by atoms with Crippen LogP contribution in [-0.2, 0) is 9.53 Å². The largest absolute Gasteiger partial charge is 0.493 e. The maximum atomic E-state index is 12.9. The number of carbonyl (C=O) groups excluding carboxylic acids is 2. The molecule has 33 heavy (non-hydrogen) atoms. The van der Waals surface area contributed by atoms with Gasteiger partial charge in [-0.1, -0.05) is 12.1 Å². The number of hydrogen-bond acceptors (Lipinski definition) is 9. The van der Waals surface area contributed by atoms with Gasteiger partial charge in [-0.05, 0) is 12.1 Å². The Morgan fingerprint density at radius 1 is 1.03 bits per heavy atom. The molecular formula is C23H23NO9. The Morgan fingerprint density at radius 2 is 1.76 bits per heavy atom. The normalized spacial score (nSPS) is 11.5. The van der Waals surface area contributed by atoms with Crippen molar-refractivity contribution in [1.82, 2.24) is 5.32 Å². The fourth-order valence-corrected chi connectivity index (χ4v) is 3.31. The van der Waals surface area contributed by atoms with Crippen molar-refractivity contribution in [2.45, 2.75) is 6.04 Å². The second-order valence-electron chi connectivity index (χ2n) is 6.81. The van der Waals surface area contributed by atoms with Gasteiger partial charge in [0, 0.05) is 23.3 Å². The van der Waals surface area contributed by atoms with Crippen LogP contribution in [0.3, 0.4) is 0 Å². The van der Waals surface area contributed by atoms with E-state index in [9.17, 15) is 19.5 Å². The predicted octanol–water partition coefficient (Wildman–Crippen LogP) is 1.75. The third kappa shape index (κ3) is 4.60. The standard InChI is InChI=1S/C23H23NO9/c1-29-18-10-17-19(21(31-3)20(18)30-2)15(26)9-16(33-17)12-6-5-7-13(8-12)22(27)24-14(11-25)23(28)32-4/h5-10,14,25H,11H2,1-4H3,(H,24,27)/t14-/m0/s1. The molecule has 2 N–H and O–H groups in total. The molecule has 0 unspecified atom stereocenters. The molecule has 0 radical (unpaired) electrons. The van der Waals surface area contributed by atoms with E-state index < -0.39 is 24.5 Å². The summed E-state index contributed by atoms with van der Waals surface area (Å²) in [4.78, 5) is 37.1. The van der Waals surface area contributed by atoms with Gasteiger partial charge in [-0.2, -0.15) is 0 Å². The molecule has 10 heteroatoms. The summed E-state index contributed by atoms with van der Waals surface area (Å²) in [6.45, 7) is -0.620. The highest BCUT2D eigenvalue weighted by atomic mass is 16.5. The third-order valence-corrected chi connectivity index (χ3v) is 4.91. The second kappa shape index (κ2) is 10.0. The van der Waals surface area contributed by atoms with E-state index in [0.717, 1.165) is 7.11 Å². The highest BCUT2D eigenvalue weighted by molar-refractivity contribution is 5.98.